The predicted octanol–water partition coefficient (Wildman–Crippen LogP) is 5.52. The zero-order valence-electron chi connectivity index (χ0n) is 29.5. The molecule has 1 fully saturated rings. The maximum absolute atomic E-state index is 15.6. The maximum atomic E-state index is 15.6. The molecule has 54 heavy (non-hydrogen) atoms. The first kappa shape index (κ1) is 39.1. The number of halogens is 1. The van der Waals surface area contributed by atoms with Crippen molar-refractivity contribution in [1.29, 1.82) is 0 Å². The van der Waals surface area contributed by atoms with Crippen molar-refractivity contribution in [3.8, 4) is 0 Å². The molecule has 1 saturated heterocycles. The Morgan fingerprint density at radius 1 is 0.963 bits per heavy atom. The molecule has 4 amide bonds. The number of nitrogens with one attached hydrogen (secondary N) is 3. The number of ether oxygens (including phenoxy) is 1. The van der Waals surface area contributed by atoms with Crippen LogP contribution in [0.15, 0.2) is 108 Å². The Morgan fingerprint density at radius 2 is 1.63 bits per heavy atom. The van der Waals surface area contributed by atoms with Crippen molar-refractivity contribution in [2.75, 3.05) is 11.9 Å². The van der Waals surface area contributed by atoms with Crippen LogP contribution in [0.3, 0.4) is 0 Å². The summed E-state index contributed by atoms with van der Waals surface area (Å²) < 4.78 is 49.9. The third-order valence-electron chi connectivity index (χ3n) is 8.81. The molecule has 1 heterocycles. The highest BCUT2D eigenvalue weighted by Crippen LogP contribution is 2.47. The van der Waals surface area contributed by atoms with E-state index < -0.39 is 67.8 Å². The Kier molecular flexibility index (Phi) is 11.7. The minimum absolute atomic E-state index is 0.000170. The fraction of sp³-hybridized carbons (Fsp3) is 0.263. The Hall–Kier alpha value is -6.16. The molecule has 3 atom stereocenters. The number of likely N-dealkylation sites (tertiary alicyclic amines) is 1. The van der Waals surface area contributed by atoms with E-state index in [4.69, 9.17) is 4.74 Å². The molecule has 0 spiro atoms. The molecule has 4 aromatic carbocycles. The minimum Gasteiger partial charge on any atom is -0.457 e. The van der Waals surface area contributed by atoms with E-state index >= 15 is 4.39 Å². The van der Waals surface area contributed by atoms with E-state index in [1.807, 2.05) is 6.07 Å². The van der Waals surface area contributed by atoms with Gasteiger partial charge in [-0.05, 0) is 47.9 Å². The van der Waals surface area contributed by atoms with Crippen molar-refractivity contribution < 1.29 is 41.6 Å². The zero-order valence-corrected chi connectivity index (χ0v) is 30.3. The molecule has 14 nitrogen and oxygen atoms in total. The van der Waals surface area contributed by atoms with Crippen LogP contribution < -0.4 is 16.0 Å². The van der Waals surface area contributed by atoms with Gasteiger partial charge in [0.2, 0.25) is 5.91 Å². The highest BCUT2D eigenvalue weighted by molar-refractivity contribution is 7.92. The first-order chi connectivity index (χ1) is 25.6. The van der Waals surface area contributed by atoms with Crippen LogP contribution in [-0.2, 0) is 30.8 Å². The van der Waals surface area contributed by atoms with Crippen LogP contribution >= 0.6 is 0 Å². The fourth-order valence-corrected chi connectivity index (χ4v) is 8.26. The number of benzene rings is 4. The van der Waals surface area contributed by atoms with E-state index in [1.165, 1.54) is 42.5 Å². The molecular formula is C38H38FN5O9S. The highest BCUT2D eigenvalue weighted by Gasteiger charge is 2.62. The number of hydrogen-bond donors (Lipinski definition) is 3. The van der Waals surface area contributed by atoms with E-state index in [0.29, 0.717) is 0 Å². The Balaban J connectivity index is 1.55. The third-order valence-corrected chi connectivity index (χ3v) is 11.0. The van der Waals surface area contributed by atoms with Crippen molar-refractivity contribution in [2.24, 2.45) is 5.92 Å². The van der Waals surface area contributed by atoms with Crippen molar-refractivity contribution in [3.63, 3.8) is 0 Å². The lowest BCUT2D eigenvalue weighted by Gasteiger charge is -2.40. The van der Waals surface area contributed by atoms with E-state index in [1.54, 1.807) is 38.1 Å². The number of urea groups is 1. The average Bonchev–Trinajstić information content (AvgIpc) is 3.50. The highest BCUT2D eigenvalue weighted by atomic mass is 32.2. The van der Waals surface area contributed by atoms with Crippen LogP contribution in [0.5, 0.6) is 0 Å². The minimum atomic E-state index is -4.62. The van der Waals surface area contributed by atoms with E-state index in [9.17, 15) is 37.7 Å². The number of rotatable bonds is 12. The Bertz CT molecular complexity index is 2170. The number of anilines is 1. The van der Waals surface area contributed by atoms with Gasteiger partial charge in [0.15, 0.2) is 15.5 Å². The Labute approximate surface area is 310 Å². The second-order valence-corrected chi connectivity index (χ2v) is 15.2. The molecule has 0 aliphatic carbocycles. The average molecular weight is 760 g/mol. The van der Waals surface area contributed by atoms with Crippen molar-refractivity contribution in [1.82, 2.24) is 15.5 Å². The zero-order chi connectivity index (χ0) is 39.2. The maximum Gasteiger partial charge on any atom is 0.338 e. The molecular weight excluding hydrogens is 722 g/mol. The molecule has 3 N–H and O–H groups in total. The normalized spacial score (nSPS) is 18.1. The number of hydrogen-bond acceptors (Lipinski definition) is 9. The second kappa shape index (κ2) is 16.2. The standard InChI is InChI=1S/C38H38FN5O9S/c1-24(2)22-40-36(47)38(42-37(48)41-28-13-9-12-27(20-28)35(46)53-23-26-10-5-4-6-11-26)21-33(54(51,52)30-18-16-29(17-19-30)44(49)50)34(43(38)25(3)45)31-14-7-8-15-32(31)39/h4-20,24,33-34H,21-23H2,1-3H3,(H,40,47)(H2,41,42,48). The number of sulfone groups is 1. The first-order valence-electron chi connectivity index (χ1n) is 16.9. The summed E-state index contributed by atoms with van der Waals surface area (Å²) in [4.78, 5) is 65.8. The Morgan fingerprint density at radius 3 is 2.26 bits per heavy atom. The first-order valence-corrected chi connectivity index (χ1v) is 18.4. The largest absolute Gasteiger partial charge is 0.457 e. The van der Waals surface area contributed by atoms with Crippen molar-refractivity contribution in [2.45, 2.75) is 55.6 Å². The quantitative estimate of drug-likeness (QED) is 0.0948. The summed E-state index contributed by atoms with van der Waals surface area (Å²) in [5.41, 5.74) is -2.10. The number of amides is 4. The van der Waals surface area contributed by atoms with Gasteiger partial charge in [-0.3, -0.25) is 19.7 Å². The van der Waals surface area contributed by atoms with Crippen LogP contribution in [0, 0.1) is 21.8 Å². The van der Waals surface area contributed by atoms with Crippen LogP contribution in [0.4, 0.5) is 20.6 Å². The number of nitro benzene ring substituents is 1. The van der Waals surface area contributed by atoms with E-state index in [0.717, 1.165) is 47.7 Å². The van der Waals surface area contributed by atoms with Crippen molar-refractivity contribution in [3.05, 3.63) is 136 Å². The van der Waals surface area contributed by atoms with Crippen LogP contribution in [0.2, 0.25) is 0 Å². The lowest BCUT2D eigenvalue weighted by atomic mass is 10.0. The lowest BCUT2D eigenvalue weighted by Crippen LogP contribution is -2.67. The summed E-state index contributed by atoms with van der Waals surface area (Å²) in [5.74, 6) is -3.48. The van der Waals surface area contributed by atoms with Gasteiger partial charge in [0, 0.05) is 43.3 Å². The summed E-state index contributed by atoms with van der Waals surface area (Å²) in [6.07, 6.45) is -0.742. The molecule has 0 aromatic heterocycles. The number of non-ortho nitro benzene ring substituents is 1. The summed E-state index contributed by atoms with van der Waals surface area (Å²) in [6, 6.07) is 21.2. The van der Waals surface area contributed by atoms with Gasteiger partial charge in [0.05, 0.1) is 26.7 Å². The van der Waals surface area contributed by atoms with Crippen LogP contribution in [0.25, 0.3) is 0 Å². The van der Waals surface area contributed by atoms with Gasteiger partial charge in [-0.2, -0.15) is 0 Å². The van der Waals surface area contributed by atoms with Gasteiger partial charge in [-0.15, -0.1) is 0 Å². The van der Waals surface area contributed by atoms with Gasteiger partial charge in [0.1, 0.15) is 12.4 Å². The number of carbonyl (C=O) groups excluding carboxylic acids is 4. The molecule has 16 heteroatoms. The molecule has 282 valence electrons. The molecule has 1 aliphatic rings. The summed E-state index contributed by atoms with van der Waals surface area (Å²) >= 11 is 0. The SMILES string of the molecule is CC(=O)N1C(c2ccccc2F)C(S(=O)(=O)c2ccc([N+](=O)[O-])cc2)CC1(NC(=O)Nc1cccc(C(=O)OCc2ccccc2)c1)C(=O)NCC(C)C. The summed E-state index contributed by atoms with van der Waals surface area (Å²) in [6.45, 7) is 4.72. The van der Waals surface area contributed by atoms with Gasteiger partial charge in [-0.1, -0.05) is 68.4 Å². The number of carbonyl (C=O) groups is 4. The third kappa shape index (κ3) is 8.39. The number of esters is 1. The molecule has 0 saturated carbocycles. The molecule has 0 radical (unpaired) electrons. The van der Waals surface area contributed by atoms with Gasteiger partial charge >= 0.3 is 12.0 Å². The van der Waals surface area contributed by atoms with Gasteiger partial charge in [-0.25, -0.2) is 22.4 Å². The van der Waals surface area contributed by atoms with Gasteiger partial charge < -0.3 is 25.6 Å². The molecule has 4 aromatic rings. The smallest absolute Gasteiger partial charge is 0.338 e. The number of nitro groups is 1. The van der Waals surface area contributed by atoms with Crippen molar-refractivity contribution >= 4 is 45.0 Å². The second-order valence-electron chi connectivity index (χ2n) is 13.1. The topological polar surface area (TPSA) is 194 Å². The fourth-order valence-electron chi connectivity index (χ4n) is 6.33. The number of nitrogens with zero attached hydrogens (tertiary/aromatic N) is 2. The van der Waals surface area contributed by atoms with Crippen LogP contribution in [0.1, 0.15) is 54.7 Å². The molecule has 5 rings (SSSR count). The monoisotopic (exact) mass is 759 g/mol. The predicted molar refractivity (Wildman–Crippen MR) is 195 cm³/mol. The summed E-state index contributed by atoms with van der Waals surface area (Å²) in [5, 5.41) is 17.3. The van der Waals surface area contributed by atoms with Gasteiger partial charge in [0.25, 0.3) is 11.6 Å². The van der Waals surface area contributed by atoms with Crippen LogP contribution in [-0.4, -0.2) is 59.5 Å². The van der Waals surface area contributed by atoms with E-state index in [-0.39, 0.29) is 46.5 Å². The molecule has 1 aliphatic heterocycles. The summed E-state index contributed by atoms with van der Waals surface area (Å²) in [7, 11) is -4.62. The molecule has 3 unspecified atom stereocenters. The van der Waals surface area contributed by atoms with E-state index in [2.05, 4.69) is 16.0 Å². The molecule has 0 bridgehead atoms. The lowest BCUT2D eigenvalue weighted by molar-refractivity contribution is -0.384.